The van der Waals surface area contributed by atoms with Gasteiger partial charge in [-0.2, -0.15) is 0 Å². The van der Waals surface area contributed by atoms with Crippen molar-refractivity contribution in [2.75, 3.05) is 39.3 Å². The average molecular weight is 422 g/mol. The Morgan fingerprint density at radius 1 is 1.28 bits per heavy atom. The van der Waals surface area contributed by atoms with Gasteiger partial charge >= 0.3 is 12.1 Å². The Morgan fingerprint density at radius 3 is 2.62 bits per heavy atom. The molecule has 158 valence electrons. The molecule has 2 aromatic rings. The van der Waals surface area contributed by atoms with E-state index in [4.69, 9.17) is 14.2 Å². The summed E-state index contributed by atoms with van der Waals surface area (Å²) >= 11 is 1.39. The van der Waals surface area contributed by atoms with Crippen LogP contribution in [0.1, 0.15) is 37.6 Å². The van der Waals surface area contributed by atoms with E-state index in [9.17, 15) is 9.59 Å². The number of nitrogens with zero attached hydrogens (tertiary/aromatic N) is 3. The summed E-state index contributed by atoms with van der Waals surface area (Å²) in [6.07, 6.45) is 0.501. The molecule has 29 heavy (non-hydrogen) atoms. The Morgan fingerprint density at radius 2 is 2.00 bits per heavy atom. The highest BCUT2D eigenvalue weighted by Crippen LogP contribution is 2.39. The van der Waals surface area contributed by atoms with Crippen LogP contribution in [0.2, 0.25) is 0 Å². The fraction of sp³-hybridized carbons (Fsp3) is 0.550. The van der Waals surface area contributed by atoms with Gasteiger partial charge in [0, 0.05) is 20.1 Å². The van der Waals surface area contributed by atoms with Gasteiger partial charge in [-0.1, -0.05) is 11.3 Å². The number of carbonyl (C=O) groups excluding carboxylic acids is 2. The second kappa shape index (κ2) is 8.06. The summed E-state index contributed by atoms with van der Waals surface area (Å²) in [7, 11) is 4.67. The molecule has 8 nitrogen and oxygen atoms in total. The fourth-order valence-electron chi connectivity index (χ4n) is 3.34. The van der Waals surface area contributed by atoms with E-state index in [1.54, 1.807) is 25.1 Å². The lowest BCUT2D eigenvalue weighted by Crippen LogP contribution is -2.42. The van der Waals surface area contributed by atoms with Gasteiger partial charge in [-0.3, -0.25) is 0 Å². The highest BCUT2D eigenvalue weighted by Gasteiger charge is 2.32. The number of hydrogen-bond acceptors (Lipinski definition) is 8. The van der Waals surface area contributed by atoms with Gasteiger partial charge in [0.15, 0.2) is 0 Å². The third-order valence-corrected chi connectivity index (χ3v) is 5.86. The predicted molar refractivity (Wildman–Crippen MR) is 112 cm³/mol. The Labute approximate surface area is 174 Å². The van der Waals surface area contributed by atoms with Gasteiger partial charge in [0.25, 0.3) is 5.19 Å². The number of likely N-dealkylation sites (N-methyl/N-ethyl adjacent to an activating group) is 1. The van der Waals surface area contributed by atoms with E-state index in [0.29, 0.717) is 22.8 Å². The monoisotopic (exact) mass is 421 g/mol. The van der Waals surface area contributed by atoms with Crippen molar-refractivity contribution in [2.45, 2.75) is 38.8 Å². The number of fused-ring (bicyclic) bond motifs is 1. The molecule has 1 fully saturated rings. The molecule has 0 unspecified atom stereocenters. The molecule has 1 atom stereocenters. The molecule has 2 heterocycles. The van der Waals surface area contributed by atoms with E-state index < -0.39 is 11.6 Å². The standard InChI is InChI=1S/C20H27N3O5S/c1-20(2,3)28-19(25)22(4)12-9-10-23(11-12)14-8-7-13(17(24)26-5)15-16(14)29-18(21-15)27-6/h7-8,12H,9-11H2,1-6H3/t12-/m0/s1. The Bertz CT molecular complexity index is 921. The first-order valence-electron chi connectivity index (χ1n) is 9.41. The molecule has 1 aliphatic heterocycles. The maximum atomic E-state index is 12.4. The largest absolute Gasteiger partial charge is 0.473 e. The minimum absolute atomic E-state index is 0.0370. The zero-order valence-electron chi connectivity index (χ0n) is 17.6. The first kappa shape index (κ1) is 21.2. The number of methoxy groups -OCH3 is 2. The second-order valence-electron chi connectivity index (χ2n) is 7.97. The van der Waals surface area contributed by atoms with Crippen molar-refractivity contribution >= 4 is 39.3 Å². The van der Waals surface area contributed by atoms with E-state index >= 15 is 0 Å². The molecule has 1 aromatic heterocycles. The number of thiazole rings is 1. The van der Waals surface area contributed by atoms with Crippen LogP contribution in [0.3, 0.4) is 0 Å². The second-order valence-corrected chi connectivity index (χ2v) is 8.93. The number of esters is 1. The third kappa shape index (κ3) is 4.39. The lowest BCUT2D eigenvalue weighted by atomic mass is 10.1. The number of hydrogen-bond donors (Lipinski definition) is 0. The molecule has 1 aromatic carbocycles. The Kier molecular flexibility index (Phi) is 5.88. The van der Waals surface area contributed by atoms with Crippen LogP contribution in [-0.2, 0) is 9.47 Å². The molecule has 1 amide bonds. The van der Waals surface area contributed by atoms with Crippen LogP contribution in [0.5, 0.6) is 5.19 Å². The molecule has 3 rings (SSSR count). The Hall–Kier alpha value is -2.55. The summed E-state index contributed by atoms with van der Waals surface area (Å²) in [5.41, 5.74) is 1.42. The van der Waals surface area contributed by atoms with Crippen LogP contribution in [0.15, 0.2) is 12.1 Å². The number of amides is 1. The highest BCUT2D eigenvalue weighted by molar-refractivity contribution is 7.20. The molecular formula is C20H27N3O5S. The van der Waals surface area contributed by atoms with Crippen molar-refractivity contribution in [3.63, 3.8) is 0 Å². The smallest absolute Gasteiger partial charge is 0.410 e. The van der Waals surface area contributed by atoms with Gasteiger partial charge in [-0.05, 0) is 39.3 Å². The van der Waals surface area contributed by atoms with E-state index in [-0.39, 0.29) is 12.1 Å². The number of rotatable bonds is 4. The summed E-state index contributed by atoms with van der Waals surface area (Å²) in [4.78, 5) is 32.8. The first-order valence-corrected chi connectivity index (χ1v) is 10.2. The minimum atomic E-state index is -0.529. The van der Waals surface area contributed by atoms with E-state index in [0.717, 1.165) is 23.4 Å². The lowest BCUT2D eigenvalue weighted by molar-refractivity contribution is 0.0237. The van der Waals surface area contributed by atoms with Crippen molar-refractivity contribution in [3.8, 4) is 5.19 Å². The summed E-state index contributed by atoms with van der Waals surface area (Å²) in [5, 5.41) is 0.485. The number of carbonyl (C=O) groups is 2. The van der Waals surface area contributed by atoms with Crippen LogP contribution in [0, 0.1) is 0 Å². The molecule has 9 heteroatoms. The van der Waals surface area contributed by atoms with Crippen molar-refractivity contribution in [1.82, 2.24) is 9.88 Å². The van der Waals surface area contributed by atoms with Gasteiger partial charge in [-0.15, -0.1) is 0 Å². The highest BCUT2D eigenvalue weighted by atomic mass is 32.1. The fourth-order valence-corrected chi connectivity index (χ4v) is 4.29. The normalized spacial score (nSPS) is 16.8. The van der Waals surface area contributed by atoms with Crippen LogP contribution in [-0.4, -0.2) is 67.9 Å². The number of aromatic nitrogens is 1. The number of ether oxygens (including phenoxy) is 3. The molecule has 0 aliphatic carbocycles. The van der Waals surface area contributed by atoms with E-state index in [1.165, 1.54) is 18.4 Å². The zero-order chi connectivity index (χ0) is 21.3. The molecule has 0 saturated carbocycles. The average Bonchev–Trinajstić information content (AvgIpc) is 3.31. The molecule has 0 bridgehead atoms. The van der Waals surface area contributed by atoms with Crippen LogP contribution in [0.4, 0.5) is 10.5 Å². The first-order chi connectivity index (χ1) is 13.6. The number of anilines is 1. The maximum Gasteiger partial charge on any atom is 0.410 e. The predicted octanol–water partition coefficient (Wildman–Crippen LogP) is 3.54. The van der Waals surface area contributed by atoms with Gasteiger partial charge in [0.2, 0.25) is 0 Å². The molecule has 0 radical (unpaired) electrons. The van der Waals surface area contributed by atoms with E-state index in [2.05, 4.69) is 9.88 Å². The molecule has 1 saturated heterocycles. The summed E-state index contributed by atoms with van der Waals surface area (Å²) in [6, 6.07) is 3.67. The topological polar surface area (TPSA) is 81.2 Å². The molecular weight excluding hydrogens is 394 g/mol. The summed E-state index contributed by atoms with van der Waals surface area (Å²) < 4.78 is 16.5. The van der Waals surface area contributed by atoms with Crippen LogP contribution >= 0.6 is 11.3 Å². The SMILES string of the molecule is COC(=O)c1ccc(N2CC[C@H](N(C)C(=O)OC(C)(C)C)C2)c2sc(OC)nc12. The summed E-state index contributed by atoms with van der Waals surface area (Å²) in [6.45, 7) is 7.02. The lowest BCUT2D eigenvalue weighted by Gasteiger charge is -2.29. The van der Waals surface area contributed by atoms with Crippen molar-refractivity contribution < 1.29 is 23.8 Å². The van der Waals surface area contributed by atoms with E-state index in [1.807, 2.05) is 26.8 Å². The van der Waals surface area contributed by atoms with Gasteiger partial charge in [0.1, 0.15) is 11.1 Å². The maximum absolute atomic E-state index is 12.4. The van der Waals surface area contributed by atoms with Gasteiger partial charge in [-0.25, -0.2) is 14.6 Å². The quantitative estimate of drug-likeness (QED) is 0.699. The van der Waals surface area contributed by atoms with Crippen LogP contribution < -0.4 is 9.64 Å². The van der Waals surface area contributed by atoms with Crippen LogP contribution in [0.25, 0.3) is 10.2 Å². The van der Waals surface area contributed by atoms with Crippen molar-refractivity contribution in [3.05, 3.63) is 17.7 Å². The van der Waals surface area contributed by atoms with Crippen molar-refractivity contribution in [2.24, 2.45) is 0 Å². The molecule has 1 aliphatic rings. The van der Waals surface area contributed by atoms with Gasteiger partial charge in [0.05, 0.1) is 36.2 Å². The van der Waals surface area contributed by atoms with Gasteiger partial charge < -0.3 is 24.0 Å². The minimum Gasteiger partial charge on any atom is -0.473 e. The molecule has 0 N–H and O–H groups in total. The zero-order valence-corrected chi connectivity index (χ0v) is 18.5. The molecule has 0 spiro atoms. The van der Waals surface area contributed by atoms with Crippen molar-refractivity contribution in [1.29, 1.82) is 0 Å². The number of benzene rings is 1. The third-order valence-electron chi connectivity index (χ3n) is 4.82. The summed E-state index contributed by atoms with van der Waals surface area (Å²) in [5.74, 6) is -0.432. The Balaban J connectivity index is 1.86.